The van der Waals surface area contributed by atoms with E-state index in [4.69, 9.17) is 9.26 Å². The Labute approximate surface area is 92.0 Å². The first kappa shape index (κ1) is 10.8. The van der Waals surface area contributed by atoms with E-state index in [1.807, 2.05) is 6.08 Å². The van der Waals surface area contributed by atoms with Crippen LogP contribution in [0.4, 0.5) is 5.69 Å². The molecule has 6 heteroatoms. The lowest BCUT2D eigenvalue weighted by atomic mass is 10.1. The number of aryl methyl sites for hydroxylation is 1. The zero-order valence-electron chi connectivity index (χ0n) is 8.88. The maximum absolute atomic E-state index is 10.7. The van der Waals surface area contributed by atoms with Gasteiger partial charge in [-0.1, -0.05) is 11.2 Å². The Balaban J connectivity index is 2.17. The van der Waals surface area contributed by atoms with E-state index in [0.29, 0.717) is 12.5 Å². The largest absolute Gasteiger partial charge is 0.381 e. The van der Waals surface area contributed by atoms with Crippen molar-refractivity contribution < 1.29 is 14.2 Å². The fourth-order valence-corrected chi connectivity index (χ4v) is 1.65. The average molecular weight is 224 g/mol. The zero-order chi connectivity index (χ0) is 11.5. The molecular weight excluding hydrogens is 212 g/mol. The molecule has 1 aromatic heterocycles. The topological polar surface area (TPSA) is 78.4 Å². The predicted octanol–water partition coefficient (Wildman–Crippen LogP) is 1.94. The smallest absolute Gasteiger partial charge is 0.338 e. The fourth-order valence-electron chi connectivity index (χ4n) is 1.65. The molecule has 86 valence electrons. The molecule has 0 aliphatic carbocycles. The summed E-state index contributed by atoms with van der Waals surface area (Å²) in [5.74, 6) is 0.545. The number of hydrogen-bond donors (Lipinski definition) is 0. The summed E-state index contributed by atoms with van der Waals surface area (Å²) in [5, 5.41) is 14.4. The molecule has 1 unspecified atom stereocenters. The van der Waals surface area contributed by atoms with Gasteiger partial charge in [-0.3, -0.25) is 10.1 Å². The summed E-state index contributed by atoms with van der Waals surface area (Å²) in [6, 6.07) is 0. The highest BCUT2D eigenvalue weighted by Gasteiger charge is 2.22. The minimum absolute atomic E-state index is 0.0600. The van der Waals surface area contributed by atoms with E-state index in [-0.39, 0.29) is 17.1 Å². The van der Waals surface area contributed by atoms with Gasteiger partial charge in [0.05, 0.1) is 11.5 Å². The molecule has 0 saturated carbocycles. The van der Waals surface area contributed by atoms with E-state index >= 15 is 0 Å². The molecule has 1 aliphatic heterocycles. The van der Waals surface area contributed by atoms with Gasteiger partial charge in [0.2, 0.25) is 5.76 Å². The molecule has 1 fully saturated rings. The second-order valence-corrected chi connectivity index (χ2v) is 3.71. The second-order valence-electron chi connectivity index (χ2n) is 3.71. The van der Waals surface area contributed by atoms with Crippen molar-refractivity contribution in [2.24, 2.45) is 5.92 Å². The summed E-state index contributed by atoms with van der Waals surface area (Å²) in [5.41, 5.74) is 0.213. The first-order chi connectivity index (χ1) is 7.68. The Bertz CT molecular complexity index is 418. The van der Waals surface area contributed by atoms with Gasteiger partial charge in [-0.2, -0.15) is 0 Å². The number of nitrogens with zero attached hydrogens (tertiary/aromatic N) is 2. The van der Waals surface area contributed by atoms with E-state index < -0.39 is 4.92 Å². The van der Waals surface area contributed by atoms with Gasteiger partial charge in [0.1, 0.15) is 0 Å². The minimum Gasteiger partial charge on any atom is -0.381 e. The summed E-state index contributed by atoms with van der Waals surface area (Å²) in [4.78, 5) is 10.3. The third kappa shape index (κ3) is 2.11. The van der Waals surface area contributed by atoms with Crippen molar-refractivity contribution in [3.05, 3.63) is 27.6 Å². The molecule has 0 aromatic carbocycles. The quantitative estimate of drug-likeness (QED) is 0.579. The summed E-state index contributed by atoms with van der Waals surface area (Å²) in [6.07, 6.45) is 4.46. The average Bonchev–Trinajstić information content (AvgIpc) is 2.83. The summed E-state index contributed by atoms with van der Waals surface area (Å²) >= 11 is 0. The van der Waals surface area contributed by atoms with E-state index in [1.165, 1.54) is 6.92 Å². The Morgan fingerprint density at radius 2 is 2.44 bits per heavy atom. The van der Waals surface area contributed by atoms with Crippen molar-refractivity contribution >= 4 is 11.8 Å². The molecule has 16 heavy (non-hydrogen) atoms. The summed E-state index contributed by atoms with van der Waals surface area (Å²) in [7, 11) is 0. The van der Waals surface area contributed by atoms with Gasteiger partial charge in [-0.25, -0.2) is 0 Å². The van der Waals surface area contributed by atoms with Crippen LogP contribution in [-0.2, 0) is 4.74 Å². The maximum Gasteiger partial charge on any atom is 0.338 e. The van der Waals surface area contributed by atoms with Gasteiger partial charge in [-0.05, 0) is 12.5 Å². The third-order valence-electron chi connectivity index (χ3n) is 2.53. The second kappa shape index (κ2) is 4.44. The van der Waals surface area contributed by atoms with Crippen molar-refractivity contribution in [3.63, 3.8) is 0 Å². The molecule has 1 aliphatic rings. The van der Waals surface area contributed by atoms with Crippen molar-refractivity contribution in [1.29, 1.82) is 0 Å². The van der Waals surface area contributed by atoms with Crippen LogP contribution >= 0.6 is 0 Å². The van der Waals surface area contributed by atoms with E-state index in [2.05, 4.69) is 5.16 Å². The molecule has 1 aromatic rings. The van der Waals surface area contributed by atoms with Gasteiger partial charge in [0.15, 0.2) is 5.69 Å². The van der Waals surface area contributed by atoms with Gasteiger partial charge >= 0.3 is 5.69 Å². The van der Waals surface area contributed by atoms with Crippen LogP contribution in [0.1, 0.15) is 17.9 Å². The number of hydrogen-bond acceptors (Lipinski definition) is 5. The van der Waals surface area contributed by atoms with Crippen LogP contribution in [0.5, 0.6) is 0 Å². The summed E-state index contributed by atoms with van der Waals surface area (Å²) < 4.78 is 10.00. The van der Waals surface area contributed by atoms with Crippen LogP contribution < -0.4 is 0 Å². The Morgan fingerprint density at radius 1 is 1.62 bits per heavy atom. The predicted molar refractivity (Wildman–Crippen MR) is 55.9 cm³/mol. The minimum atomic E-state index is -0.476. The first-order valence-corrected chi connectivity index (χ1v) is 5.05. The standard InChI is InChI=1S/C10H12N2O4/c1-7-10(12(13)14)9(11-16-7)3-2-8-4-5-15-6-8/h2-3,8H,4-6H2,1H3/b3-2+. The molecule has 0 N–H and O–H groups in total. The maximum atomic E-state index is 10.7. The van der Waals surface area contributed by atoms with E-state index in [9.17, 15) is 10.1 Å². The van der Waals surface area contributed by atoms with Gasteiger partial charge in [-0.15, -0.1) is 0 Å². The van der Waals surface area contributed by atoms with Crippen molar-refractivity contribution in [2.75, 3.05) is 13.2 Å². The monoisotopic (exact) mass is 224 g/mol. The highest BCUT2D eigenvalue weighted by atomic mass is 16.6. The van der Waals surface area contributed by atoms with Crippen molar-refractivity contribution in [2.45, 2.75) is 13.3 Å². The normalized spacial score (nSPS) is 20.7. The van der Waals surface area contributed by atoms with Crippen molar-refractivity contribution in [3.8, 4) is 0 Å². The molecular formula is C10H12N2O4. The molecule has 1 atom stereocenters. The zero-order valence-corrected chi connectivity index (χ0v) is 8.88. The highest BCUT2D eigenvalue weighted by molar-refractivity contribution is 5.57. The molecule has 0 bridgehead atoms. The Hall–Kier alpha value is -1.69. The molecule has 0 radical (unpaired) electrons. The number of ether oxygens (including phenoxy) is 1. The number of aromatic nitrogens is 1. The Kier molecular flexibility index (Phi) is 3.00. The van der Waals surface area contributed by atoms with Crippen LogP contribution in [0, 0.1) is 23.0 Å². The van der Waals surface area contributed by atoms with Crippen LogP contribution in [0.25, 0.3) is 6.08 Å². The lowest BCUT2D eigenvalue weighted by Crippen LogP contribution is -1.94. The van der Waals surface area contributed by atoms with Crippen LogP contribution in [0.3, 0.4) is 0 Å². The lowest BCUT2D eigenvalue weighted by Gasteiger charge is -1.96. The highest BCUT2D eigenvalue weighted by Crippen LogP contribution is 2.24. The molecule has 0 spiro atoms. The fraction of sp³-hybridized carbons (Fsp3) is 0.500. The van der Waals surface area contributed by atoms with Crippen LogP contribution in [0.2, 0.25) is 0 Å². The molecule has 6 nitrogen and oxygen atoms in total. The molecule has 2 heterocycles. The van der Waals surface area contributed by atoms with Gasteiger partial charge in [0.25, 0.3) is 0 Å². The van der Waals surface area contributed by atoms with Crippen LogP contribution in [0.15, 0.2) is 10.6 Å². The van der Waals surface area contributed by atoms with Crippen molar-refractivity contribution in [1.82, 2.24) is 5.16 Å². The van der Waals surface area contributed by atoms with Gasteiger partial charge in [0, 0.05) is 19.4 Å². The SMILES string of the molecule is Cc1onc(/C=C/C2CCOC2)c1[N+](=O)[O-]. The first-order valence-electron chi connectivity index (χ1n) is 5.05. The molecule has 0 amide bonds. The van der Waals surface area contributed by atoms with Gasteiger partial charge < -0.3 is 9.26 Å². The number of rotatable bonds is 3. The summed E-state index contributed by atoms with van der Waals surface area (Å²) in [6.45, 7) is 2.94. The van der Waals surface area contributed by atoms with E-state index in [1.54, 1.807) is 6.08 Å². The van der Waals surface area contributed by atoms with E-state index in [0.717, 1.165) is 13.0 Å². The molecule has 1 saturated heterocycles. The Morgan fingerprint density at radius 3 is 3.06 bits per heavy atom. The number of nitro groups is 1. The van der Waals surface area contributed by atoms with Crippen LogP contribution in [-0.4, -0.2) is 23.3 Å². The lowest BCUT2D eigenvalue weighted by molar-refractivity contribution is -0.386. The third-order valence-corrected chi connectivity index (χ3v) is 2.53. The molecule has 2 rings (SSSR count).